The van der Waals surface area contributed by atoms with Crippen LogP contribution >= 0.6 is 0 Å². The van der Waals surface area contributed by atoms with Crippen molar-refractivity contribution in [2.24, 2.45) is 5.73 Å². The van der Waals surface area contributed by atoms with Crippen LogP contribution in [-0.2, 0) is 28.7 Å². The van der Waals surface area contributed by atoms with Gasteiger partial charge in [-0.3, -0.25) is 19.2 Å². The smallest absolute Gasteiger partial charge is 0.408 e. The Morgan fingerprint density at radius 3 is 2.19 bits per heavy atom. The van der Waals surface area contributed by atoms with E-state index in [1.165, 1.54) is 29.2 Å². The zero-order chi connectivity index (χ0) is 28.6. The Kier molecular flexibility index (Phi) is 10.9. The fraction of sp³-hybridized carbons (Fsp3) is 0.560. The van der Waals surface area contributed by atoms with E-state index in [2.05, 4.69) is 15.4 Å². The number of nitrogens with zero attached hydrogens (tertiary/aromatic N) is 1. The molecule has 0 aliphatic heterocycles. The minimum Gasteiger partial charge on any atom is -0.508 e. The summed E-state index contributed by atoms with van der Waals surface area (Å²) in [6.45, 7) is 9.51. The number of nitrogens with one attached hydrogen (secondary N) is 2. The van der Waals surface area contributed by atoms with Gasteiger partial charge < -0.3 is 35.8 Å². The Morgan fingerprint density at radius 1 is 1.08 bits per heavy atom. The molecule has 12 heteroatoms. The standard InChI is InChI=1S/C25H38N4O8/c1-24(2,3)29(22(34)17(11-12-18(26)31)28-23(35)37-25(4,5)6)20(15-9-8-10-16(30)13-15)21(33)27-14-19(32)36-7/h8-10,13,17,20,30H,11-12,14H2,1-7H3,(H2,26,31)(H,27,33)(H,28,35). The van der Waals surface area contributed by atoms with E-state index in [1.54, 1.807) is 41.5 Å². The zero-order valence-electron chi connectivity index (χ0n) is 22.4. The summed E-state index contributed by atoms with van der Waals surface area (Å²) in [6, 6.07) is 3.13. The van der Waals surface area contributed by atoms with Crippen molar-refractivity contribution in [2.45, 2.75) is 77.6 Å². The van der Waals surface area contributed by atoms with Crippen LogP contribution < -0.4 is 16.4 Å². The Hall–Kier alpha value is -3.83. The number of aromatic hydroxyl groups is 1. The van der Waals surface area contributed by atoms with Gasteiger partial charge in [0.05, 0.1) is 7.11 Å². The van der Waals surface area contributed by atoms with E-state index in [4.69, 9.17) is 10.5 Å². The van der Waals surface area contributed by atoms with Crippen molar-refractivity contribution < 1.29 is 38.6 Å². The second-order valence-electron chi connectivity index (χ2n) is 10.4. The average molecular weight is 523 g/mol. The van der Waals surface area contributed by atoms with E-state index in [-0.39, 0.29) is 24.2 Å². The minimum atomic E-state index is -1.33. The number of amides is 4. The molecule has 0 fully saturated rings. The Labute approximate surface area is 216 Å². The molecule has 1 rings (SSSR count). The summed E-state index contributed by atoms with van der Waals surface area (Å²) in [7, 11) is 1.16. The molecule has 37 heavy (non-hydrogen) atoms. The number of esters is 1. The maximum Gasteiger partial charge on any atom is 0.408 e. The Balaban J connectivity index is 3.56. The van der Waals surface area contributed by atoms with Gasteiger partial charge in [0.1, 0.15) is 30.0 Å². The summed E-state index contributed by atoms with van der Waals surface area (Å²) in [4.78, 5) is 64.3. The number of primary amides is 1. The van der Waals surface area contributed by atoms with E-state index in [0.717, 1.165) is 7.11 Å². The number of methoxy groups -OCH3 is 1. The number of alkyl carbamates (subject to hydrolysis) is 1. The average Bonchev–Trinajstić information content (AvgIpc) is 2.75. The van der Waals surface area contributed by atoms with Gasteiger partial charge in [-0.25, -0.2) is 4.79 Å². The van der Waals surface area contributed by atoms with Crippen LogP contribution in [0.1, 0.15) is 66.0 Å². The molecule has 1 aromatic rings. The van der Waals surface area contributed by atoms with Crippen molar-refractivity contribution in [3.8, 4) is 5.75 Å². The molecule has 0 saturated carbocycles. The largest absolute Gasteiger partial charge is 0.508 e. The molecule has 0 heterocycles. The molecule has 0 aliphatic carbocycles. The summed E-state index contributed by atoms with van der Waals surface area (Å²) >= 11 is 0. The highest BCUT2D eigenvalue weighted by Crippen LogP contribution is 2.32. The third kappa shape index (κ3) is 10.4. The molecule has 5 N–H and O–H groups in total. The fourth-order valence-corrected chi connectivity index (χ4v) is 3.45. The molecule has 0 radical (unpaired) electrons. The summed E-state index contributed by atoms with van der Waals surface area (Å²) in [6.07, 6.45) is -1.28. The first-order valence-electron chi connectivity index (χ1n) is 11.7. The molecule has 0 bridgehead atoms. The second-order valence-corrected chi connectivity index (χ2v) is 10.4. The first kappa shape index (κ1) is 31.2. The van der Waals surface area contributed by atoms with Gasteiger partial charge in [-0.2, -0.15) is 0 Å². The summed E-state index contributed by atoms with van der Waals surface area (Å²) < 4.78 is 9.85. The third-order valence-corrected chi connectivity index (χ3v) is 4.96. The molecule has 0 aromatic heterocycles. The highest BCUT2D eigenvalue weighted by molar-refractivity contribution is 5.94. The molecule has 12 nitrogen and oxygen atoms in total. The number of hydrogen-bond donors (Lipinski definition) is 4. The van der Waals surface area contributed by atoms with Crippen molar-refractivity contribution in [1.82, 2.24) is 15.5 Å². The molecule has 206 valence electrons. The quantitative estimate of drug-likeness (QED) is 0.334. The number of hydrogen-bond acceptors (Lipinski definition) is 8. The van der Waals surface area contributed by atoms with Crippen LogP contribution in [0.5, 0.6) is 5.75 Å². The summed E-state index contributed by atoms with van der Waals surface area (Å²) in [5.74, 6) is -2.98. The van der Waals surface area contributed by atoms with Crippen LogP contribution in [0.3, 0.4) is 0 Å². The molecular formula is C25H38N4O8. The monoisotopic (exact) mass is 522 g/mol. The maximum atomic E-state index is 14.0. The van der Waals surface area contributed by atoms with Gasteiger partial charge in [-0.15, -0.1) is 0 Å². The van der Waals surface area contributed by atoms with Crippen LogP contribution in [0.4, 0.5) is 4.79 Å². The first-order valence-corrected chi connectivity index (χ1v) is 11.7. The number of rotatable bonds is 10. The van der Waals surface area contributed by atoms with Gasteiger partial charge in [0.15, 0.2) is 0 Å². The van der Waals surface area contributed by atoms with Crippen molar-refractivity contribution in [2.75, 3.05) is 13.7 Å². The summed E-state index contributed by atoms with van der Waals surface area (Å²) in [5, 5.41) is 15.0. The zero-order valence-corrected chi connectivity index (χ0v) is 22.4. The number of nitrogens with two attached hydrogens (primary N) is 1. The molecule has 1 aromatic carbocycles. The van der Waals surface area contributed by atoms with Crippen molar-refractivity contribution in [3.05, 3.63) is 29.8 Å². The van der Waals surface area contributed by atoms with Gasteiger partial charge in [0.2, 0.25) is 17.7 Å². The van der Waals surface area contributed by atoms with E-state index in [1.807, 2.05) is 0 Å². The van der Waals surface area contributed by atoms with Gasteiger partial charge >= 0.3 is 12.1 Å². The van der Waals surface area contributed by atoms with Gasteiger partial charge in [-0.05, 0) is 65.7 Å². The van der Waals surface area contributed by atoms with Gasteiger partial charge in [0.25, 0.3) is 0 Å². The normalized spacial score (nSPS) is 13.1. The van der Waals surface area contributed by atoms with Crippen molar-refractivity contribution in [3.63, 3.8) is 0 Å². The number of phenols is 1. The lowest BCUT2D eigenvalue weighted by molar-refractivity contribution is -0.149. The first-order chi connectivity index (χ1) is 17.0. The second kappa shape index (κ2) is 12.9. The third-order valence-electron chi connectivity index (χ3n) is 4.96. The number of carbonyl (C=O) groups excluding carboxylic acids is 5. The van der Waals surface area contributed by atoms with Crippen LogP contribution in [0.15, 0.2) is 24.3 Å². The van der Waals surface area contributed by atoms with E-state index in [9.17, 15) is 29.1 Å². The molecule has 0 aliphatic rings. The van der Waals surface area contributed by atoms with Gasteiger partial charge in [0, 0.05) is 12.0 Å². The maximum absolute atomic E-state index is 14.0. The molecule has 0 spiro atoms. The van der Waals surface area contributed by atoms with E-state index in [0.29, 0.717) is 0 Å². The van der Waals surface area contributed by atoms with Crippen molar-refractivity contribution >= 4 is 29.8 Å². The highest BCUT2D eigenvalue weighted by Gasteiger charge is 2.42. The number of carbonyl (C=O) groups is 5. The van der Waals surface area contributed by atoms with Crippen LogP contribution in [-0.4, -0.2) is 70.6 Å². The Bertz CT molecular complexity index is 997. The Morgan fingerprint density at radius 2 is 1.70 bits per heavy atom. The predicted molar refractivity (Wildman–Crippen MR) is 134 cm³/mol. The van der Waals surface area contributed by atoms with Gasteiger partial charge in [-0.1, -0.05) is 12.1 Å². The number of ether oxygens (including phenoxy) is 2. The highest BCUT2D eigenvalue weighted by atomic mass is 16.6. The number of phenolic OH excluding ortho intramolecular Hbond substituents is 1. The van der Waals surface area contributed by atoms with E-state index < -0.39 is 59.6 Å². The lowest BCUT2D eigenvalue weighted by atomic mass is 9.94. The van der Waals surface area contributed by atoms with Crippen molar-refractivity contribution in [1.29, 1.82) is 0 Å². The molecular weight excluding hydrogens is 484 g/mol. The molecule has 2 unspecified atom stereocenters. The topological polar surface area (TPSA) is 177 Å². The summed E-state index contributed by atoms with van der Waals surface area (Å²) in [5.41, 5.74) is 3.66. The van der Waals surface area contributed by atoms with E-state index >= 15 is 0 Å². The molecule has 4 amide bonds. The van der Waals surface area contributed by atoms with Crippen LogP contribution in [0, 0.1) is 0 Å². The predicted octanol–water partition coefficient (Wildman–Crippen LogP) is 1.51. The SMILES string of the molecule is COC(=O)CNC(=O)C(c1cccc(O)c1)N(C(=O)C(CCC(N)=O)NC(=O)OC(C)(C)C)C(C)(C)C. The van der Waals surface area contributed by atoms with Crippen LogP contribution in [0.2, 0.25) is 0 Å². The lowest BCUT2D eigenvalue weighted by Crippen LogP contribution is -2.59. The fourth-order valence-electron chi connectivity index (χ4n) is 3.45. The minimum absolute atomic E-state index is 0.151. The molecule has 2 atom stereocenters. The van der Waals surface area contributed by atoms with Crippen LogP contribution in [0.25, 0.3) is 0 Å². The number of benzene rings is 1. The molecule has 0 saturated heterocycles. The lowest BCUT2D eigenvalue weighted by Gasteiger charge is -2.43.